The summed E-state index contributed by atoms with van der Waals surface area (Å²) in [4.78, 5) is 23.1. The lowest BCUT2D eigenvalue weighted by atomic mass is 10.1. The molecule has 0 aromatic heterocycles. The van der Waals surface area contributed by atoms with E-state index in [1.165, 1.54) is 19.1 Å². The molecule has 1 aromatic carbocycles. The number of nitrogens with zero attached hydrogens (tertiary/aromatic N) is 1. The molecule has 0 aliphatic heterocycles. The van der Waals surface area contributed by atoms with Gasteiger partial charge >= 0.3 is 5.97 Å². The first kappa shape index (κ1) is 14.3. The van der Waals surface area contributed by atoms with Gasteiger partial charge in [-0.15, -0.1) is 0 Å². The Hall–Kier alpha value is -2.81. The molecule has 1 rings (SSSR count). The van der Waals surface area contributed by atoms with Crippen LogP contribution in [-0.2, 0) is 9.53 Å². The summed E-state index contributed by atoms with van der Waals surface area (Å²) in [5.41, 5.74) is 5.11. The van der Waals surface area contributed by atoms with Gasteiger partial charge in [0.15, 0.2) is 6.61 Å². The van der Waals surface area contributed by atoms with Crippen LogP contribution in [0.4, 0.5) is 0 Å². The molecule has 0 aliphatic rings. The highest BCUT2D eigenvalue weighted by Gasteiger charge is 2.16. The molecule has 0 unspecified atom stereocenters. The smallest absolute Gasteiger partial charge is 0.342 e. The third-order valence-corrected chi connectivity index (χ3v) is 2.24. The van der Waals surface area contributed by atoms with E-state index in [0.29, 0.717) is 0 Å². The minimum absolute atomic E-state index is 0.0535. The monoisotopic (exact) mass is 260 g/mol. The van der Waals surface area contributed by atoms with Crippen LogP contribution in [0.1, 0.15) is 17.3 Å². The van der Waals surface area contributed by atoms with E-state index < -0.39 is 18.4 Å². The molecule has 98 valence electrons. The predicted octanol–water partition coefficient (Wildman–Crippen LogP) is 0.874. The minimum atomic E-state index is -0.849. The number of para-hydroxylation sites is 1. The van der Waals surface area contributed by atoms with Crippen LogP contribution in [0.3, 0.4) is 0 Å². The maximum Gasteiger partial charge on any atom is 0.342 e. The van der Waals surface area contributed by atoms with Crippen molar-refractivity contribution < 1.29 is 19.4 Å². The number of carbonyl (C=O) groups excluding carboxylic acids is 2. The first-order valence-electron chi connectivity index (χ1n) is 5.32. The summed E-state index contributed by atoms with van der Waals surface area (Å²) in [5, 5.41) is 18.1. The van der Waals surface area contributed by atoms with Gasteiger partial charge in [0, 0.05) is 5.70 Å². The average Bonchev–Trinajstić information content (AvgIpc) is 2.37. The lowest BCUT2D eigenvalue weighted by Gasteiger charge is -2.05. The second-order valence-electron chi connectivity index (χ2n) is 3.69. The van der Waals surface area contributed by atoms with Crippen molar-refractivity contribution in [2.75, 3.05) is 6.61 Å². The molecular weight excluding hydrogens is 248 g/mol. The average molecular weight is 260 g/mol. The van der Waals surface area contributed by atoms with Gasteiger partial charge in [-0.05, 0) is 19.1 Å². The maximum atomic E-state index is 11.6. The van der Waals surface area contributed by atoms with E-state index in [1.54, 1.807) is 18.2 Å². The van der Waals surface area contributed by atoms with Crippen molar-refractivity contribution in [2.45, 2.75) is 6.92 Å². The van der Waals surface area contributed by atoms with Crippen molar-refractivity contribution in [3.63, 3.8) is 0 Å². The molecule has 0 heterocycles. The molecule has 6 heteroatoms. The number of phenolic OH excluding ortho intramolecular Hbond substituents is 1. The Labute approximate surface area is 109 Å². The maximum absolute atomic E-state index is 11.6. The molecule has 0 bridgehead atoms. The molecule has 0 fully saturated rings. The van der Waals surface area contributed by atoms with E-state index >= 15 is 0 Å². The summed E-state index contributed by atoms with van der Waals surface area (Å²) in [6.07, 6.45) is 0. The number of benzene rings is 1. The first-order chi connectivity index (χ1) is 8.97. The Morgan fingerprint density at radius 3 is 2.58 bits per heavy atom. The normalized spacial score (nSPS) is 11.2. The second kappa shape index (κ2) is 6.21. The molecule has 0 saturated heterocycles. The highest BCUT2D eigenvalue weighted by molar-refractivity contribution is 6.02. The zero-order valence-corrected chi connectivity index (χ0v) is 10.2. The van der Waals surface area contributed by atoms with Gasteiger partial charge in [0.2, 0.25) is 5.78 Å². The Kier molecular flexibility index (Phi) is 4.66. The lowest BCUT2D eigenvalue weighted by molar-refractivity contribution is -0.118. The van der Waals surface area contributed by atoms with E-state index in [1.807, 2.05) is 0 Å². The Bertz CT molecular complexity index is 581. The molecule has 0 spiro atoms. The number of ketones is 1. The van der Waals surface area contributed by atoms with Crippen LogP contribution >= 0.6 is 0 Å². The van der Waals surface area contributed by atoms with Crippen molar-refractivity contribution in [1.29, 1.82) is 5.26 Å². The number of Topliss-reactive ketones (excluding diaryl/α,β-unsaturated/α-hetero) is 1. The van der Waals surface area contributed by atoms with E-state index in [0.717, 1.165) is 0 Å². The van der Waals surface area contributed by atoms with Crippen LogP contribution in [0.25, 0.3) is 0 Å². The molecule has 0 atom stereocenters. The SMILES string of the molecule is C/C(N)=C(/C#N)C(=O)COC(=O)c1ccccc1O. The summed E-state index contributed by atoms with van der Waals surface area (Å²) in [6.45, 7) is 0.798. The van der Waals surface area contributed by atoms with Crippen molar-refractivity contribution in [1.82, 2.24) is 0 Å². The van der Waals surface area contributed by atoms with Crippen molar-refractivity contribution in [2.24, 2.45) is 5.73 Å². The number of carbonyl (C=O) groups is 2. The zero-order valence-electron chi connectivity index (χ0n) is 10.2. The summed E-state index contributed by atoms with van der Waals surface area (Å²) >= 11 is 0. The Morgan fingerprint density at radius 2 is 2.05 bits per heavy atom. The fraction of sp³-hybridized carbons (Fsp3) is 0.154. The van der Waals surface area contributed by atoms with Gasteiger partial charge in [-0.25, -0.2) is 4.79 Å². The van der Waals surface area contributed by atoms with Crippen LogP contribution in [0, 0.1) is 11.3 Å². The molecule has 19 heavy (non-hydrogen) atoms. The van der Waals surface area contributed by atoms with Crippen LogP contribution in [0.15, 0.2) is 35.5 Å². The predicted molar refractivity (Wildman–Crippen MR) is 65.9 cm³/mol. The first-order valence-corrected chi connectivity index (χ1v) is 5.32. The van der Waals surface area contributed by atoms with Crippen LogP contribution in [0.5, 0.6) is 5.75 Å². The topological polar surface area (TPSA) is 113 Å². The molecule has 0 radical (unpaired) electrons. The summed E-state index contributed by atoms with van der Waals surface area (Å²) in [6, 6.07) is 7.41. The molecule has 3 N–H and O–H groups in total. The van der Waals surface area contributed by atoms with Crippen molar-refractivity contribution in [3.8, 4) is 11.8 Å². The van der Waals surface area contributed by atoms with Gasteiger partial charge in [-0.2, -0.15) is 5.26 Å². The summed E-state index contributed by atoms with van der Waals surface area (Å²) in [7, 11) is 0. The number of ether oxygens (including phenoxy) is 1. The Balaban J connectivity index is 2.72. The van der Waals surface area contributed by atoms with Gasteiger partial charge < -0.3 is 15.6 Å². The number of nitriles is 1. The van der Waals surface area contributed by atoms with Gasteiger partial charge in [0.1, 0.15) is 23.0 Å². The minimum Gasteiger partial charge on any atom is -0.507 e. The van der Waals surface area contributed by atoms with Gasteiger partial charge in [-0.3, -0.25) is 4.79 Å². The second-order valence-corrected chi connectivity index (χ2v) is 3.69. The lowest BCUT2D eigenvalue weighted by Crippen LogP contribution is -2.17. The van der Waals surface area contributed by atoms with Crippen LogP contribution < -0.4 is 5.73 Å². The van der Waals surface area contributed by atoms with Crippen molar-refractivity contribution in [3.05, 3.63) is 41.1 Å². The molecule has 1 aromatic rings. The number of allylic oxidation sites excluding steroid dienone is 1. The third kappa shape index (κ3) is 3.57. The van der Waals surface area contributed by atoms with Gasteiger partial charge in [0.05, 0.1) is 0 Å². The molecule has 0 amide bonds. The molecule has 6 nitrogen and oxygen atoms in total. The van der Waals surface area contributed by atoms with Gasteiger partial charge in [0.25, 0.3) is 0 Å². The number of nitrogens with two attached hydrogens (primary N) is 1. The highest BCUT2D eigenvalue weighted by atomic mass is 16.5. The molecular formula is C13H12N2O4. The number of rotatable bonds is 4. The van der Waals surface area contributed by atoms with E-state index in [2.05, 4.69) is 0 Å². The molecule has 0 saturated carbocycles. The summed E-state index contributed by atoms with van der Waals surface area (Å²) < 4.78 is 4.71. The Morgan fingerprint density at radius 1 is 1.42 bits per heavy atom. The molecule has 0 aliphatic carbocycles. The highest BCUT2D eigenvalue weighted by Crippen LogP contribution is 2.16. The fourth-order valence-electron chi connectivity index (χ4n) is 1.30. The van der Waals surface area contributed by atoms with Crippen LogP contribution in [-0.4, -0.2) is 23.5 Å². The number of esters is 1. The fourth-order valence-corrected chi connectivity index (χ4v) is 1.30. The van der Waals surface area contributed by atoms with Crippen LogP contribution in [0.2, 0.25) is 0 Å². The van der Waals surface area contributed by atoms with E-state index in [9.17, 15) is 14.7 Å². The number of phenols is 1. The van der Waals surface area contributed by atoms with Crippen molar-refractivity contribution >= 4 is 11.8 Å². The summed E-state index contributed by atoms with van der Waals surface area (Å²) in [5.74, 6) is -1.78. The van der Waals surface area contributed by atoms with Gasteiger partial charge in [-0.1, -0.05) is 12.1 Å². The third-order valence-electron chi connectivity index (χ3n) is 2.24. The zero-order chi connectivity index (χ0) is 14.4. The number of hydrogen-bond acceptors (Lipinski definition) is 6. The standard InChI is InChI=1S/C13H12N2O4/c1-8(15)10(6-14)12(17)7-19-13(18)9-4-2-3-5-11(9)16/h2-5,16H,7,15H2,1H3/b10-8+. The largest absolute Gasteiger partial charge is 0.507 e. The number of hydrogen-bond donors (Lipinski definition) is 2. The number of aromatic hydroxyl groups is 1. The quantitative estimate of drug-likeness (QED) is 0.472. The van der Waals surface area contributed by atoms with E-state index in [-0.39, 0.29) is 22.6 Å². The van der Waals surface area contributed by atoms with E-state index in [4.69, 9.17) is 15.7 Å².